The molecule has 2 aromatic heterocycles. The highest BCUT2D eigenvalue weighted by atomic mass is 19.1. The van der Waals surface area contributed by atoms with Gasteiger partial charge < -0.3 is 9.30 Å². The molecule has 0 saturated carbocycles. The summed E-state index contributed by atoms with van der Waals surface area (Å²) in [4.78, 5) is 4.75. The summed E-state index contributed by atoms with van der Waals surface area (Å²) in [5.74, 6) is 0.0642. The number of benzene rings is 2. The van der Waals surface area contributed by atoms with Crippen molar-refractivity contribution in [2.45, 2.75) is 18.9 Å². The van der Waals surface area contributed by atoms with E-state index < -0.39 is 0 Å². The fourth-order valence-corrected chi connectivity index (χ4v) is 4.00. The van der Waals surface area contributed by atoms with Crippen LogP contribution in [0.4, 0.5) is 4.39 Å². The number of nitrogens with one attached hydrogen (secondary N) is 1. The average molecular weight is 388 g/mol. The molecule has 1 aliphatic heterocycles. The Morgan fingerprint density at radius 1 is 1.07 bits per heavy atom. The van der Waals surface area contributed by atoms with Crippen LogP contribution in [0.1, 0.15) is 23.6 Å². The van der Waals surface area contributed by atoms with Gasteiger partial charge in [0.1, 0.15) is 5.82 Å². The number of hydrogen-bond donors (Lipinski definition) is 1. The maximum Gasteiger partial charge on any atom is 0.123 e. The molecule has 29 heavy (non-hydrogen) atoms. The van der Waals surface area contributed by atoms with Crippen molar-refractivity contribution in [2.24, 2.45) is 0 Å². The van der Waals surface area contributed by atoms with E-state index in [2.05, 4.69) is 26.9 Å². The van der Waals surface area contributed by atoms with E-state index in [1.807, 2.05) is 30.7 Å². The molecule has 0 amide bonds. The van der Waals surface area contributed by atoms with Crippen molar-refractivity contribution >= 4 is 0 Å². The average Bonchev–Trinajstić information content (AvgIpc) is 3.50. The number of hydrogen-bond acceptors (Lipinski definition) is 3. The summed E-state index contributed by atoms with van der Waals surface area (Å²) < 4.78 is 21.2. The summed E-state index contributed by atoms with van der Waals surface area (Å²) in [6.07, 6.45) is 4.72. The summed E-state index contributed by atoms with van der Waals surface area (Å²) in [5, 5.41) is 7.29. The maximum atomic E-state index is 13.3. The monoisotopic (exact) mass is 388 g/mol. The molecule has 0 radical (unpaired) electrons. The quantitative estimate of drug-likeness (QED) is 0.542. The first-order valence-corrected chi connectivity index (χ1v) is 9.76. The third-order valence-electron chi connectivity index (χ3n) is 5.43. The minimum absolute atomic E-state index is 0.250. The van der Waals surface area contributed by atoms with Crippen LogP contribution < -0.4 is 0 Å². The van der Waals surface area contributed by atoms with E-state index in [1.54, 1.807) is 12.1 Å². The normalized spacial score (nSPS) is 16.4. The first-order chi connectivity index (χ1) is 14.3. The third kappa shape index (κ3) is 3.47. The van der Waals surface area contributed by atoms with Crippen LogP contribution in [-0.2, 0) is 11.3 Å². The maximum absolute atomic E-state index is 13.3. The molecule has 1 saturated heterocycles. The highest BCUT2D eigenvalue weighted by Crippen LogP contribution is 2.34. The first-order valence-electron chi connectivity index (χ1n) is 9.76. The second kappa shape index (κ2) is 7.64. The molecule has 0 bridgehead atoms. The number of nitrogens with zero attached hydrogens (tertiary/aromatic N) is 3. The van der Waals surface area contributed by atoms with Crippen LogP contribution in [0.25, 0.3) is 22.5 Å². The second-order valence-electron chi connectivity index (χ2n) is 7.31. The van der Waals surface area contributed by atoms with Crippen LogP contribution in [-0.4, -0.2) is 33.0 Å². The molecule has 6 heteroatoms. The van der Waals surface area contributed by atoms with Gasteiger partial charge in [-0.05, 0) is 30.7 Å². The Labute approximate surface area is 168 Å². The summed E-state index contributed by atoms with van der Waals surface area (Å²) in [6.45, 7) is 2.12. The van der Waals surface area contributed by atoms with Gasteiger partial charge in [0.15, 0.2) is 0 Å². The molecule has 5 rings (SSSR count). The Bertz CT molecular complexity index is 1100. The number of rotatable bonds is 5. The van der Waals surface area contributed by atoms with Crippen molar-refractivity contribution in [3.05, 3.63) is 84.2 Å². The molecule has 1 N–H and O–H groups in total. The van der Waals surface area contributed by atoms with E-state index in [1.165, 1.54) is 17.8 Å². The second-order valence-corrected chi connectivity index (χ2v) is 7.31. The fraction of sp³-hybridized carbons (Fsp3) is 0.217. The Kier molecular flexibility index (Phi) is 4.69. The molecular formula is C23H21FN4O. The zero-order valence-corrected chi connectivity index (χ0v) is 15.9. The Morgan fingerprint density at radius 3 is 2.66 bits per heavy atom. The molecule has 5 nitrogen and oxygen atoms in total. The van der Waals surface area contributed by atoms with Gasteiger partial charge in [-0.1, -0.05) is 30.3 Å². The molecular weight excluding hydrogens is 367 g/mol. The number of aromatic amines is 1. The summed E-state index contributed by atoms with van der Waals surface area (Å²) in [6, 6.07) is 16.7. The fourth-order valence-electron chi connectivity index (χ4n) is 4.00. The van der Waals surface area contributed by atoms with E-state index in [0.29, 0.717) is 19.1 Å². The standard InChI is InChI=1S/C23H21FN4O/c24-20-8-6-17(7-9-20)21-19(12-26-27-21)13-28-15-25-22(16-4-2-1-3-5-16)23(28)18-10-11-29-14-18/h1-9,12,15,18H,10-11,13-14H2,(H,26,27). The van der Waals surface area contributed by atoms with E-state index in [4.69, 9.17) is 9.72 Å². The predicted octanol–water partition coefficient (Wildman–Crippen LogP) is 4.63. The van der Waals surface area contributed by atoms with E-state index in [9.17, 15) is 4.39 Å². The molecule has 0 aliphatic carbocycles. The molecule has 146 valence electrons. The lowest BCUT2D eigenvalue weighted by molar-refractivity contribution is 0.193. The van der Waals surface area contributed by atoms with Crippen LogP contribution in [0.3, 0.4) is 0 Å². The van der Waals surface area contributed by atoms with Gasteiger partial charge in [0.05, 0.1) is 42.8 Å². The van der Waals surface area contributed by atoms with Crippen molar-refractivity contribution in [1.82, 2.24) is 19.7 Å². The summed E-state index contributed by atoms with van der Waals surface area (Å²) in [7, 11) is 0. The van der Waals surface area contributed by atoms with Crippen molar-refractivity contribution in [3.8, 4) is 22.5 Å². The Balaban J connectivity index is 1.53. The van der Waals surface area contributed by atoms with Crippen molar-refractivity contribution < 1.29 is 9.13 Å². The van der Waals surface area contributed by atoms with Crippen molar-refractivity contribution in [3.63, 3.8) is 0 Å². The number of halogens is 1. The molecule has 1 atom stereocenters. The van der Waals surface area contributed by atoms with Crippen LogP contribution in [0, 0.1) is 5.82 Å². The minimum atomic E-state index is -0.250. The van der Waals surface area contributed by atoms with Gasteiger partial charge in [-0.15, -0.1) is 0 Å². The van der Waals surface area contributed by atoms with Gasteiger partial charge >= 0.3 is 0 Å². The van der Waals surface area contributed by atoms with Gasteiger partial charge in [-0.25, -0.2) is 9.37 Å². The van der Waals surface area contributed by atoms with Gasteiger partial charge in [-0.2, -0.15) is 5.10 Å². The summed E-state index contributed by atoms with van der Waals surface area (Å²) >= 11 is 0. The predicted molar refractivity (Wildman–Crippen MR) is 109 cm³/mol. The number of imidazole rings is 1. The van der Waals surface area contributed by atoms with E-state index >= 15 is 0 Å². The molecule has 1 fully saturated rings. The minimum Gasteiger partial charge on any atom is -0.381 e. The molecule has 1 aliphatic rings. The van der Waals surface area contributed by atoms with E-state index in [-0.39, 0.29) is 5.82 Å². The highest BCUT2D eigenvalue weighted by Gasteiger charge is 2.26. The zero-order valence-electron chi connectivity index (χ0n) is 15.9. The molecule has 2 aromatic carbocycles. The van der Waals surface area contributed by atoms with Gasteiger partial charge in [-0.3, -0.25) is 5.10 Å². The van der Waals surface area contributed by atoms with Crippen LogP contribution >= 0.6 is 0 Å². The molecule has 3 heterocycles. The molecule has 0 spiro atoms. The number of H-pyrrole nitrogens is 1. The zero-order chi connectivity index (χ0) is 19.6. The smallest absolute Gasteiger partial charge is 0.123 e. The van der Waals surface area contributed by atoms with Crippen molar-refractivity contribution in [1.29, 1.82) is 0 Å². The topological polar surface area (TPSA) is 55.7 Å². The largest absolute Gasteiger partial charge is 0.381 e. The number of ether oxygens (including phenoxy) is 1. The van der Waals surface area contributed by atoms with Gasteiger partial charge in [0, 0.05) is 29.2 Å². The first kappa shape index (κ1) is 17.8. The molecule has 1 unspecified atom stereocenters. The summed E-state index contributed by atoms with van der Waals surface area (Å²) in [5.41, 5.74) is 6.16. The van der Waals surface area contributed by atoms with Crippen LogP contribution in [0.2, 0.25) is 0 Å². The van der Waals surface area contributed by atoms with Gasteiger partial charge in [0.2, 0.25) is 0 Å². The third-order valence-corrected chi connectivity index (χ3v) is 5.43. The Morgan fingerprint density at radius 2 is 1.90 bits per heavy atom. The SMILES string of the molecule is Fc1ccc(-c2[nH]ncc2Cn2cnc(-c3ccccc3)c2C2CCOC2)cc1. The van der Waals surface area contributed by atoms with Gasteiger partial charge in [0.25, 0.3) is 0 Å². The lowest BCUT2D eigenvalue weighted by Crippen LogP contribution is -2.10. The Hall–Kier alpha value is -3.25. The van der Waals surface area contributed by atoms with Crippen LogP contribution in [0.5, 0.6) is 0 Å². The lowest BCUT2D eigenvalue weighted by atomic mass is 9.98. The lowest BCUT2D eigenvalue weighted by Gasteiger charge is -2.15. The highest BCUT2D eigenvalue weighted by molar-refractivity contribution is 5.64. The van der Waals surface area contributed by atoms with Crippen molar-refractivity contribution in [2.75, 3.05) is 13.2 Å². The van der Waals surface area contributed by atoms with E-state index in [0.717, 1.165) is 41.1 Å². The van der Waals surface area contributed by atoms with Crippen LogP contribution in [0.15, 0.2) is 67.1 Å². The number of aromatic nitrogens is 4. The molecule has 4 aromatic rings.